The standard InChI is InChI=1S/C10H7BrN2/c11-10-3-1-2-8(4-5-10)9(6-12)7-13/h1-5,8-9H. The summed E-state index contributed by atoms with van der Waals surface area (Å²) in [5.41, 5.74) is 0. The van der Waals surface area contributed by atoms with E-state index in [4.69, 9.17) is 10.5 Å². The van der Waals surface area contributed by atoms with Crippen LogP contribution in [0.25, 0.3) is 0 Å². The maximum absolute atomic E-state index is 8.67. The van der Waals surface area contributed by atoms with Gasteiger partial charge in [-0.05, 0) is 6.08 Å². The third-order valence-corrected chi connectivity index (χ3v) is 2.26. The maximum Gasteiger partial charge on any atom is 0.143 e. The average molecular weight is 235 g/mol. The van der Waals surface area contributed by atoms with Gasteiger partial charge < -0.3 is 0 Å². The molecule has 0 radical (unpaired) electrons. The highest BCUT2D eigenvalue weighted by Gasteiger charge is 2.15. The van der Waals surface area contributed by atoms with Gasteiger partial charge in [0.15, 0.2) is 0 Å². The average Bonchev–Trinajstić information content (AvgIpc) is 2.34. The van der Waals surface area contributed by atoms with E-state index in [9.17, 15) is 0 Å². The summed E-state index contributed by atoms with van der Waals surface area (Å²) < 4.78 is 0.945. The van der Waals surface area contributed by atoms with Crippen LogP contribution in [0, 0.1) is 34.5 Å². The van der Waals surface area contributed by atoms with Crippen molar-refractivity contribution in [2.45, 2.75) is 0 Å². The molecule has 64 valence electrons. The van der Waals surface area contributed by atoms with Crippen LogP contribution in [0.2, 0.25) is 0 Å². The molecule has 0 N–H and O–H groups in total. The molecule has 1 aliphatic rings. The van der Waals surface area contributed by atoms with E-state index in [-0.39, 0.29) is 5.92 Å². The van der Waals surface area contributed by atoms with Gasteiger partial charge in [0, 0.05) is 10.4 Å². The number of hydrogen-bond donors (Lipinski definition) is 0. The number of rotatable bonds is 1. The van der Waals surface area contributed by atoms with Gasteiger partial charge in [-0.15, -0.1) is 0 Å². The van der Waals surface area contributed by atoms with Crippen LogP contribution in [0.3, 0.4) is 0 Å². The van der Waals surface area contributed by atoms with Crippen LogP contribution < -0.4 is 0 Å². The van der Waals surface area contributed by atoms with Crippen molar-refractivity contribution >= 4 is 15.9 Å². The monoisotopic (exact) mass is 234 g/mol. The Kier molecular flexibility index (Phi) is 3.49. The fourth-order valence-corrected chi connectivity index (χ4v) is 1.33. The fraction of sp³-hybridized carbons (Fsp3) is 0.200. The predicted octanol–water partition coefficient (Wildman–Crippen LogP) is 2.67. The van der Waals surface area contributed by atoms with E-state index in [0.717, 1.165) is 4.48 Å². The molecule has 0 spiro atoms. The third-order valence-electron chi connectivity index (χ3n) is 1.73. The van der Waals surface area contributed by atoms with Gasteiger partial charge in [-0.2, -0.15) is 10.5 Å². The summed E-state index contributed by atoms with van der Waals surface area (Å²) >= 11 is 3.32. The van der Waals surface area contributed by atoms with E-state index in [1.54, 1.807) is 0 Å². The molecule has 0 fully saturated rings. The number of hydrogen-bond acceptors (Lipinski definition) is 2. The second-order valence-electron chi connectivity index (χ2n) is 2.61. The summed E-state index contributed by atoms with van der Waals surface area (Å²) in [6, 6.07) is 3.92. The molecule has 1 atom stereocenters. The van der Waals surface area contributed by atoms with Gasteiger partial charge in [0.1, 0.15) is 5.92 Å². The second-order valence-corrected chi connectivity index (χ2v) is 3.52. The first-order valence-electron chi connectivity index (χ1n) is 3.79. The summed E-state index contributed by atoms with van der Waals surface area (Å²) in [4.78, 5) is 0. The van der Waals surface area contributed by atoms with Gasteiger partial charge in [0.05, 0.1) is 12.1 Å². The molecule has 0 aromatic carbocycles. The number of nitriles is 2. The highest BCUT2D eigenvalue weighted by molar-refractivity contribution is 9.11. The van der Waals surface area contributed by atoms with Gasteiger partial charge >= 0.3 is 0 Å². The van der Waals surface area contributed by atoms with E-state index >= 15 is 0 Å². The number of nitrogens with zero attached hydrogens (tertiary/aromatic N) is 2. The molecule has 0 saturated heterocycles. The minimum absolute atomic E-state index is 0.110. The molecule has 0 aromatic heterocycles. The summed E-state index contributed by atoms with van der Waals surface area (Å²) in [5.74, 6) is -0.708. The van der Waals surface area contributed by atoms with Crippen molar-refractivity contribution in [3.8, 4) is 12.1 Å². The molecule has 2 nitrogen and oxygen atoms in total. The lowest BCUT2D eigenvalue weighted by atomic mass is 9.94. The quantitative estimate of drug-likeness (QED) is 0.701. The highest BCUT2D eigenvalue weighted by atomic mass is 79.9. The molecular formula is C10H7BrN2. The van der Waals surface area contributed by atoms with Crippen molar-refractivity contribution in [1.82, 2.24) is 0 Å². The van der Waals surface area contributed by atoms with Crippen molar-refractivity contribution in [1.29, 1.82) is 10.5 Å². The van der Waals surface area contributed by atoms with Crippen molar-refractivity contribution in [2.24, 2.45) is 11.8 Å². The van der Waals surface area contributed by atoms with Crippen LogP contribution in [0.15, 0.2) is 34.9 Å². The van der Waals surface area contributed by atoms with E-state index in [2.05, 4.69) is 15.9 Å². The maximum atomic E-state index is 8.67. The Labute approximate surface area is 85.6 Å². The van der Waals surface area contributed by atoms with Crippen LogP contribution >= 0.6 is 15.9 Å². The molecule has 0 saturated carbocycles. The largest absolute Gasteiger partial charge is 0.197 e. The number of allylic oxidation sites excluding steroid dienone is 6. The van der Waals surface area contributed by atoms with Gasteiger partial charge in [-0.1, -0.05) is 40.2 Å². The molecule has 0 aromatic rings. The lowest BCUT2D eigenvalue weighted by Crippen LogP contribution is -2.05. The van der Waals surface area contributed by atoms with Crippen LogP contribution in [-0.2, 0) is 0 Å². The Bertz CT molecular complexity index is 338. The highest BCUT2D eigenvalue weighted by Crippen LogP contribution is 2.20. The molecule has 0 aliphatic heterocycles. The SMILES string of the molecule is N#CC(C#N)C1C=CC=C(Br)C=C1. The van der Waals surface area contributed by atoms with Gasteiger partial charge in [0.2, 0.25) is 0 Å². The van der Waals surface area contributed by atoms with Crippen LogP contribution in [0.4, 0.5) is 0 Å². The van der Waals surface area contributed by atoms with Gasteiger partial charge in [-0.3, -0.25) is 0 Å². The van der Waals surface area contributed by atoms with Gasteiger partial charge in [0.25, 0.3) is 0 Å². The predicted molar refractivity (Wildman–Crippen MR) is 53.5 cm³/mol. The zero-order chi connectivity index (χ0) is 9.68. The topological polar surface area (TPSA) is 47.6 Å². The Morgan fingerprint density at radius 2 is 2.00 bits per heavy atom. The van der Waals surface area contributed by atoms with E-state index in [1.807, 2.05) is 42.5 Å². The van der Waals surface area contributed by atoms with Crippen LogP contribution in [0.1, 0.15) is 0 Å². The molecule has 0 amide bonds. The summed E-state index contributed by atoms with van der Waals surface area (Å²) in [6.07, 6.45) is 9.27. The first-order chi connectivity index (χ1) is 6.27. The summed E-state index contributed by atoms with van der Waals surface area (Å²) in [5, 5.41) is 17.3. The summed E-state index contributed by atoms with van der Waals surface area (Å²) in [6.45, 7) is 0. The molecule has 1 unspecified atom stereocenters. The molecule has 0 heterocycles. The smallest absolute Gasteiger partial charge is 0.143 e. The Morgan fingerprint density at radius 1 is 1.31 bits per heavy atom. The Morgan fingerprint density at radius 3 is 2.62 bits per heavy atom. The van der Waals surface area contributed by atoms with Crippen LogP contribution in [-0.4, -0.2) is 0 Å². The molecule has 3 heteroatoms. The lowest BCUT2D eigenvalue weighted by molar-refractivity contribution is 0.702. The second kappa shape index (κ2) is 4.64. The number of halogens is 1. The normalized spacial score (nSPS) is 20.3. The van der Waals surface area contributed by atoms with Gasteiger partial charge in [-0.25, -0.2) is 0 Å². The zero-order valence-corrected chi connectivity index (χ0v) is 8.40. The molecular weight excluding hydrogens is 228 g/mol. The van der Waals surface area contributed by atoms with Crippen molar-refractivity contribution in [2.75, 3.05) is 0 Å². The summed E-state index contributed by atoms with van der Waals surface area (Å²) in [7, 11) is 0. The first kappa shape index (κ1) is 9.77. The molecule has 13 heavy (non-hydrogen) atoms. The van der Waals surface area contributed by atoms with Crippen molar-refractivity contribution in [3.05, 3.63) is 34.9 Å². The lowest BCUT2D eigenvalue weighted by Gasteiger charge is -2.04. The van der Waals surface area contributed by atoms with Crippen molar-refractivity contribution in [3.63, 3.8) is 0 Å². The Balaban J connectivity index is 2.83. The van der Waals surface area contributed by atoms with E-state index < -0.39 is 5.92 Å². The van der Waals surface area contributed by atoms with Crippen molar-refractivity contribution < 1.29 is 0 Å². The molecule has 1 aliphatic carbocycles. The zero-order valence-electron chi connectivity index (χ0n) is 6.81. The Hall–Kier alpha value is -1.32. The van der Waals surface area contributed by atoms with E-state index in [0.29, 0.717) is 0 Å². The fourth-order valence-electron chi connectivity index (χ4n) is 1.02. The molecule has 1 rings (SSSR count). The van der Waals surface area contributed by atoms with E-state index in [1.165, 1.54) is 0 Å². The third kappa shape index (κ3) is 2.57. The molecule has 0 bridgehead atoms. The minimum atomic E-state index is -0.598. The first-order valence-corrected chi connectivity index (χ1v) is 4.58. The minimum Gasteiger partial charge on any atom is -0.197 e. The van der Waals surface area contributed by atoms with Crippen LogP contribution in [0.5, 0.6) is 0 Å².